The van der Waals surface area contributed by atoms with Crippen LogP contribution in [0.2, 0.25) is 0 Å². The molecule has 1 nitrogen and oxygen atoms in total. The van der Waals surface area contributed by atoms with E-state index in [0.717, 1.165) is 18.5 Å². The molecule has 0 atom stereocenters. The predicted octanol–water partition coefficient (Wildman–Crippen LogP) is 4.76. The number of unbranched alkanes of at least 4 members (excludes halogenated alkanes) is 1. The largest absolute Gasteiger partial charge is 0.322 e. The van der Waals surface area contributed by atoms with E-state index in [9.17, 15) is 0 Å². The summed E-state index contributed by atoms with van der Waals surface area (Å²) < 4.78 is 0. The first kappa shape index (κ1) is 12.8. The second-order valence-corrected chi connectivity index (χ2v) is 4.34. The molecule has 0 unspecified atom stereocenters. The van der Waals surface area contributed by atoms with E-state index in [2.05, 4.69) is 57.5 Å². The van der Waals surface area contributed by atoms with Crippen molar-refractivity contribution < 1.29 is 0 Å². The molecule has 88 valence electrons. The van der Waals surface area contributed by atoms with E-state index in [-0.39, 0.29) is 0 Å². The van der Waals surface area contributed by atoms with Gasteiger partial charge in [0.05, 0.1) is 0 Å². The van der Waals surface area contributed by atoms with Crippen LogP contribution in [0.5, 0.6) is 0 Å². The minimum atomic E-state index is 1.07. The molecular formula is C15H23N. The zero-order valence-corrected chi connectivity index (χ0v) is 11.0. The molecule has 0 N–H and O–H groups in total. The van der Waals surface area contributed by atoms with Gasteiger partial charge in [0.25, 0.3) is 0 Å². The maximum absolute atomic E-state index is 4.15. The van der Waals surface area contributed by atoms with E-state index in [1.807, 2.05) is 0 Å². The summed E-state index contributed by atoms with van der Waals surface area (Å²) in [6, 6.07) is 0. The lowest BCUT2D eigenvalue weighted by Gasteiger charge is -2.29. The SMILES string of the molecule is C=C1C(C)=CC(CC)=CN1/C(C)=C\CCC. The van der Waals surface area contributed by atoms with E-state index >= 15 is 0 Å². The molecule has 0 radical (unpaired) electrons. The summed E-state index contributed by atoms with van der Waals surface area (Å²) in [7, 11) is 0. The maximum Gasteiger partial charge on any atom is 0.0409 e. The molecule has 1 heteroatoms. The number of rotatable bonds is 4. The molecular weight excluding hydrogens is 194 g/mol. The van der Waals surface area contributed by atoms with Crippen molar-refractivity contribution in [3.63, 3.8) is 0 Å². The van der Waals surface area contributed by atoms with Gasteiger partial charge in [-0.2, -0.15) is 0 Å². The topological polar surface area (TPSA) is 3.24 Å². The monoisotopic (exact) mass is 217 g/mol. The quantitative estimate of drug-likeness (QED) is 0.656. The van der Waals surface area contributed by atoms with Gasteiger partial charge in [0, 0.05) is 17.6 Å². The zero-order chi connectivity index (χ0) is 12.1. The van der Waals surface area contributed by atoms with Crippen molar-refractivity contribution in [3.05, 3.63) is 47.5 Å². The minimum absolute atomic E-state index is 1.07. The zero-order valence-electron chi connectivity index (χ0n) is 11.0. The van der Waals surface area contributed by atoms with Crippen LogP contribution in [0.1, 0.15) is 47.0 Å². The summed E-state index contributed by atoms with van der Waals surface area (Å²) in [4.78, 5) is 2.21. The molecule has 1 heterocycles. The van der Waals surface area contributed by atoms with Crippen molar-refractivity contribution in [2.45, 2.75) is 47.0 Å². The second kappa shape index (κ2) is 5.74. The molecule has 0 saturated carbocycles. The maximum atomic E-state index is 4.15. The molecule has 1 rings (SSSR count). The van der Waals surface area contributed by atoms with Crippen molar-refractivity contribution in [1.82, 2.24) is 4.90 Å². The summed E-state index contributed by atoms with van der Waals surface area (Å²) >= 11 is 0. The van der Waals surface area contributed by atoms with Gasteiger partial charge in [-0.3, -0.25) is 0 Å². The molecule has 0 aromatic heterocycles. The summed E-state index contributed by atoms with van der Waals surface area (Å²) in [6.45, 7) is 12.8. The van der Waals surface area contributed by atoms with Crippen LogP contribution < -0.4 is 0 Å². The van der Waals surface area contributed by atoms with Crippen LogP contribution in [-0.2, 0) is 0 Å². The van der Waals surface area contributed by atoms with Crippen LogP contribution in [-0.4, -0.2) is 4.90 Å². The van der Waals surface area contributed by atoms with Gasteiger partial charge >= 0.3 is 0 Å². The number of hydrogen-bond donors (Lipinski definition) is 0. The Kier molecular flexibility index (Phi) is 4.60. The van der Waals surface area contributed by atoms with Gasteiger partial charge in [0.15, 0.2) is 0 Å². The lowest BCUT2D eigenvalue weighted by atomic mass is 10.0. The van der Waals surface area contributed by atoms with Crippen molar-refractivity contribution in [3.8, 4) is 0 Å². The van der Waals surface area contributed by atoms with Crippen LogP contribution >= 0.6 is 0 Å². The lowest BCUT2D eigenvalue weighted by molar-refractivity contribution is 0.568. The standard InChI is InChI=1S/C15H23N/c1-6-8-9-13(4)16-11-15(7-2)10-12(3)14(16)5/h9-11H,5-8H2,1-4H3/b13-9-. The van der Waals surface area contributed by atoms with Gasteiger partial charge in [-0.15, -0.1) is 0 Å². The fourth-order valence-corrected chi connectivity index (χ4v) is 1.79. The molecule has 0 amide bonds. The Morgan fingerprint density at radius 2 is 2.12 bits per heavy atom. The highest BCUT2D eigenvalue weighted by atomic mass is 15.1. The van der Waals surface area contributed by atoms with Crippen LogP contribution in [0, 0.1) is 0 Å². The van der Waals surface area contributed by atoms with Gasteiger partial charge in [0.2, 0.25) is 0 Å². The van der Waals surface area contributed by atoms with Gasteiger partial charge in [0.1, 0.15) is 0 Å². The minimum Gasteiger partial charge on any atom is -0.322 e. The van der Waals surface area contributed by atoms with E-state index in [0.29, 0.717) is 0 Å². The average molecular weight is 217 g/mol. The predicted molar refractivity (Wildman–Crippen MR) is 71.8 cm³/mol. The van der Waals surface area contributed by atoms with Gasteiger partial charge < -0.3 is 4.90 Å². The smallest absolute Gasteiger partial charge is 0.0409 e. The second-order valence-electron chi connectivity index (χ2n) is 4.34. The third kappa shape index (κ3) is 2.88. The Hall–Kier alpha value is -1.24. The Balaban J connectivity index is 2.92. The highest BCUT2D eigenvalue weighted by Gasteiger charge is 2.13. The summed E-state index contributed by atoms with van der Waals surface area (Å²) in [5.41, 5.74) is 5.02. The fourth-order valence-electron chi connectivity index (χ4n) is 1.79. The number of nitrogens with zero attached hydrogens (tertiary/aromatic N) is 1. The third-order valence-corrected chi connectivity index (χ3v) is 2.96. The number of hydrogen-bond acceptors (Lipinski definition) is 1. The van der Waals surface area contributed by atoms with Crippen molar-refractivity contribution in [1.29, 1.82) is 0 Å². The first-order valence-electron chi connectivity index (χ1n) is 6.14. The highest BCUT2D eigenvalue weighted by molar-refractivity contribution is 5.41. The van der Waals surface area contributed by atoms with E-state index in [1.165, 1.54) is 23.3 Å². The fraction of sp³-hybridized carbons (Fsp3) is 0.467. The third-order valence-electron chi connectivity index (χ3n) is 2.96. The molecule has 0 spiro atoms. The van der Waals surface area contributed by atoms with E-state index in [4.69, 9.17) is 0 Å². The molecule has 0 fully saturated rings. The molecule has 0 aromatic carbocycles. The Labute approximate surface area is 99.8 Å². The van der Waals surface area contributed by atoms with Crippen LogP contribution in [0.25, 0.3) is 0 Å². The Morgan fingerprint density at radius 1 is 1.44 bits per heavy atom. The number of allylic oxidation sites excluding steroid dienone is 5. The molecule has 0 bridgehead atoms. The van der Waals surface area contributed by atoms with Gasteiger partial charge in [-0.05, 0) is 37.8 Å². The van der Waals surface area contributed by atoms with E-state index < -0.39 is 0 Å². The van der Waals surface area contributed by atoms with Crippen molar-refractivity contribution in [2.24, 2.45) is 0 Å². The molecule has 0 saturated heterocycles. The van der Waals surface area contributed by atoms with Crippen LogP contribution in [0.15, 0.2) is 47.5 Å². The summed E-state index contributed by atoms with van der Waals surface area (Å²) in [6.07, 6.45) is 10.1. The molecule has 1 aliphatic rings. The molecule has 0 aromatic rings. The Morgan fingerprint density at radius 3 is 2.69 bits per heavy atom. The van der Waals surface area contributed by atoms with Crippen molar-refractivity contribution in [2.75, 3.05) is 0 Å². The highest BCUT2D eigenvalue weighted by Crippen LogP contribution is 2.27. The first-order valence-corrected chi connectivity index (χ1v) is 6.14. The van der Waals surface area contributed by atoms with Crippen molar-refractivity contribution >= 4 is 0 Å². The molecule has 16 heavy (non-hydrogen) atoms. The summed E-state index contributed by atoms with van der Waals surface area (Å²) in [5.74, 6) is 0. The van der Waals surface area contributed by atoms with Crippen LogP contribution in [0.3, 0.4) is 0 Å². The van der Waals surface area contributed by atoms with Crippen LogP contribution in [0.4, 0.5) is 0 Å². The normalized spacial score (nSPS) is 17.4. The Bertz CT molecular complexity index is 356. The van der Waals surface area contributed by atoms with Gasteiger partial charge in [-0.25, -0.2) is 0 Å². The van der Waals surface area contributed by atoms with E-state index in [1.54, 1.807) is 0 Å². The molecule has 1 aliphatic heterocycles. The van der Waals surface area contributed by atoms with Gasteiger partial charge in [-0.1, -0.05) is 39.0 Å². The summed E-state index contributed by atoms with van der Waals surface area (Å²) in [5, 5.41) is 0. The lowest BCUT2D eigenvalue weighted by Crippen LogP contribution is -2.18. The molecule has 0 aliphatic carbocycles. The average Bonchev–Trinajstić information content (AvgIpc) is 2.29. The first-order chi connectivity index (χ1) is 7.60.